The third-order valence-electron chi connectivity index (χ3n) is 2.09. The summed E-state index contributed by atoms with van der Waals surface area (Å²) in [4.78, 5) is 4.28. The molecule has 0 aliphatic carbocycles. The van der Waals surface area contributed by atoms with E-state index in [-0.39, 0.29) is 0 Å². The minimum Gasteiger partial charge on any atom is -0.269 e. The normalized spacial score (nSPS) is 13.2. The molecule has 0 rings (SSSR count). The monoisotopic (exact) mass is 181 g/mol. The molecule has 1 nitrogen and oxygen atoms in total. The van der Waals surface area contributed by atoms with Gasteiger partial charge in [-0.05, 0) is 30.8 Å². The Morgan fingerprint density at radius 2 is 2.00 bits per heavy atom. The minimum absolute atomic E-state index is 0.639. The maximum absolute atomic E-state index is 4.28. The number of hydrogen-bond donors (Lipinski definition) is 0. The molecule has 76 valence electrons. The lowest BCUT2D eigenvalue weighted by molar-refractivity contribution is 0.671. The summed E-state index contributed by atoms with van der Waals surface area (Å²) in [6.07, 6.45) is 8.79. The van der Waals surface area contributed by atoms with Crippen molar-refractivity contribution in [2.24, 2.45) is 10.9 Å². The summed E-state index contributed by atoms with van der Waals surface area (Å²) in [5.41, 5.74) is 1.48. The molecule has 0 saturated heterocycles. The Balaban J connectivity index is 4.06. The molecule has 0 atom stereocenters. The van der Waals surface area contributed by atoms with Gasteiger partial charge in [0.1, 0.15) is 0 Å². The molecule has 13 heavy (non-hydrogen) atoms. The highest BCUT2D eigenvalue weighted by Gasteiger charge is 2.01. The van der Waals surface area contributed by atoms with Crippen molar-refractivity contribution in [1.29, 1.82) is 0 Å². The van der Waals surface area contributed by atoms with Crippen LogP contribution in [0.1, 0.15) is 53.4 Å². The van der Waals surface area contributed by atoms with Gasteiger partial charge in [0.2, 0.25) is 0 Å². The Hall–Kier alpha value is -0.590. The van der Waals surface area contributed by atoms with Crippen molar-refractivity contribution in [3.05, 3.63) is 11.8 Å². The third-order valence-corrected chi connectivity index (χ3v) is 2.09. The predicted octanol–water partition coefficient (Wildman–Crippen LogP) is 4.20. The van der Waals surface area contributed by atoms with Crippen LogP contribution in [0, 0.1) is 5.92 Å². The van der Waals surface area contributed by atoms with E-state index in [0.717, 1.165) is 6.42 Å². The second-order valence-corrected chi connectivity index (χ2v) is 3.70. The molecule has 0 heterocycles. The Labute approximate surface area is 83.0 Å². The van der Waals surface area contributed by atoms with E-state index in [1.165, 1.54) is 24.8 Å². The van der Waals surface area contributed by atoms with Gasteiger partial charge in [-0.25, -0.2) is 0 Å². The first-order valence-corrected chi connectivity index (χ1v) is 5.42. The van der Waals surface area contributed by atoms with Crippen molar-refractivity contribution in [2.45, 2.75) is 53.4 Å². The van der Waals surface area contributed by atoms with Crippen molar-refractivity contribution in [3.8, 4) is 0 Å². The van der Waals surface area contributed by atoms with Crippen molar-refractivity contribution in [3.63, 3.8) is 0 Å². The van der Waals surface area contributed by atoms with E-state index in [9.17, 15) is 0 Å². The third kappa shape index (κ3) is 6.56. The van der Waals surface area contributed by atoms with E-state index in [1.54, 1.807) is 0 Å². The fourth-order valence-corrected chi connectivity index (χ4v) is 1.14. The van der Waals surface area contributed by atoms with Gasteiger partial charge in [-0.1, -0.05) is 34.1 Å². The van der Waals surface area contributed by atoms with Gasteiger partial charge in [-0.15, -0.1) is 0 Å². The first-order chi connectivity index (χ1) is 6.22. The molecule has 0 aliphatic heterocycles. The molecule has 0 aliphatic rings. The Morgan fingerprint density at radius 3 is 2.46 bits per heavy atom. The van der Waals surface area contributed by atoms with E-state index in [1.807, 2.05) is 12.4 Å². The lowest BCUT2D eigenvalue weighted by Crippen LogP contribution is -1.93. The molecule has 0 N–H and O–H groups in total. The summed E-state index contributed by atoms with van der Waals surface area (Å²) in [7, 11) is 0. The molecule has 1 heteroatoms. The summed E-state index contributed by atoms with van der Waals surface area (Å²) in [6, 6.07) is 0. The number of unbranched alkanes of at least 4 members (excludes halogenated alkanes) is 1. The molecular formula is C12H23N. The van der Waals surface area contributed by atoms with Gasteiger partial charge in [0.15, 0.2) is 0 Å². The SMILES string of the molecule is CC/C=N/C=C(\CCCC)C(C)C. The molecular weight excluding hydrogens is 158 g/mol. The summed E-state index contributed by atoms with van der Waals surface area (Å²) < 4.78 is 0. The molecule has 0 saturated carbocycles. The number of aliphatic imine (C=N–C) groups is 1. The fraction of sp³-hybridized carbons (Fsp3) is 0.750. The first kappa shape index (κ1) is 12.4. The smallest absolute Gasteiger partial charge is 0.0258 e. The van der Waals surface area contributed by atoms with Gasteiger partial charge >= 0.3 is 0 Å². The average Bonchev–Trinajstić information content (AvgIpc) is 2.10. The van der Waals surface area contributed by atoms with Crippen LogP contribution in [0.2, 0.25) is 0 Å². The van der Waals surface area contributed by atoms with Gasteiger partial charge in [0, 0.05) is 12.4 Å². The molecule has 0 amide bonds. The van der Waals surface area contributed by atoms with E-state index in [2.05, 4.69) is 32.7 Å². The molecule has 0 aromatic rings. The first-order valence-electron chi connectivity index (χ1n) is 5.42. The molecule has 0 unspecified atom stereocenters. The van der Waals surface area contributed by atoms with Gasteiger partial charge < -0.3 is 0 Å². The minimum atomic E-state index is 0.639. The summed E-state index contributed by atoms with van der Waals surface area (Å²) in [6.45, 7) is 8.82. The van der Waals surface area contributed by atoms with Gasteiger partial charge in [-0.2, -0.15) is 0 Å². The van der Waals surface area contributed by atoms with Crippen LogP contribution in [0.3, 0.4) is 0 Å². The van der Waals surface area contributed by atoms with E-state index in [4.69, 9.17) is 0 Å². The van der Waals surface area contributed by atoms with Crippen molar-refractivity contribution in [2.75, 3.05) is 0 Å². The zero-order valence-corrected chi connectivity index (χ0v) is 9.51. The predicted molar refractivity (Wildman–Crippen MR) is 61.2 cm³/mol. The molecule has 0 bridgehead atoms. The van der Waals surface area contributed by atoms with E-state index >= 15 is 0 Å². The van der Waals surface area contributed by atoms with Crippen LogP contribution in [0.4, 0.5) is 0 Å². The zero-order valence-electron chi connectivity index (χ0n) is 9.51. The molecule has 0 aromatic carbocycles. The average molecular weight is 181 g/mol. The number of rotatable bonds is 6. The van der Waals surface area contributed by atoms with Gasteiger partial charge in [0.05, 0.1) is 0 Å². The standard InChI is InChI=1S/C12H23N/c1-5-7-8-12(11(3)4)10-13-9-6-2/h9-11H,5-8H2,1-4H3/b12-10+,13-9+. The number of hydrogen-bond acceptors (Lipinski definition) is 1. The summed E-state index contributed by atoms with van der Waals surface area (Å²) in [5, 5.41) is 0. The lowest BCUT2D eigenvalue weighted by Gasteiger charge is -2.08. The van der Waals surface area contributed by atoms with Crippen molar-refractivity contribution < 1.29 is 0 Å². The largest absolute Gasteiger partial charge is 0.269 e. The highest BCUT2D eigenvalue weighted by molar-refractivity contribution is 5.57. The number of allylic oxidation sites excluding steroid dienone is 1. The molecule has 0 aromatic heterocycles. The highest BCUT2D eigenvalue weighted by atomic mass is 14.7. The Kier molecular flexibility index (Phi) is 7.66. The van der Waals surface area contributed by atoms with Crippen LogP contribution in [-0.2, 0) is 0 Å². The lowest BCUT2D eigenvalue weighted by atomic mass is 9.99. The van der Waals surface area contributed by atoms with Crippen LogP contribution in [0.25, 0.3) is 0 Å². The molecule has 0 spiro atoms. The quantitative estimate of drug-likeness (QED) is 0.545. The topological polar surface area (TPSA) is 12.4 Å². The van der Waals surface area contributed by atoms with E-state index < -0.39 is 0 Å². The molecule has 0 fully saturated rings. The van der Waals surface area contributed by atoms with Gasteiger partial charge in [0.25, 0.3) is 0 Å². The summed E-state index contributed by atoms with van der Waals surface area (Å²) in [5.74, 6) is 0.639. The second kappa shape index (κ2) is 8.03. The van der Waals surface area contributed by atoms with Crippen LogP contribution >= 0.6 is 0 Å². The second-order valence-electron chi connectivity index (χ2n) is 3.70. The van der Waals surface area contributed by atoms with Crippen LogP contribution in [0.15, 0.2) is 16.8 Å². The number of nitrogens with zero attached hydrogens (tertiary/aromatic N) is 1. The Morgan fingerprint density at radius 1 is 1.31 bits per heavy atom. The highest BCUT2D eigenvalue weighted by Crippen LogP contribution is 2.16. The van der Waals surface area contributed by atoms with Crippen LogP contribution in [0.5, 0.6) is 0 Å². The zero-order chi connectivity index (χ0) is 10.1. The van der Waals surface area contributed by atoms with Crippen molar-refractivity contribution in [1.82, 2.24) is 0 Å². The summed E-state index contributed by atoms with van der Waals surface area (Å²) >= 11 is 0. The van der Waals surface area contributed by atoms with Gasteiger partial charge in [-0.3, -0.25) is 4.99 Å². The molecule has 0 radical (unpaired) electrons. The van der Waals surface area contributed by atoms with Crippen molar-refractivity contribution >= 4 is 6.21 Å². The fourth-order valence-electron chi connectivity index (χ4n) is 1.14. The van der Waals surface area contributed by atoms with Crippen LogP contribution < -0.4 is 0 Å². The van der Waals surface area contributed by atoms with Crippen LogP contribution in [-0.4, -0.2) is 6.21 Å². The maximum atomic E-state index is 4.28. The maximum Gasteiger partial charge on any atom is 0.0258 e. The Bertz CT molecular complexity index is 166. The van der Waals surface area contributed by atoms with E-state index in [0.29, 0.717) is 5.92 Å².